The number of rotatable bonds is 7. The summed E-state index contributed by atoms with van der Waals surface area (Å²) in [4.78, 5) is 4.34. The Balaban J connectivity index is 1.93. The molecule has 1 heterocycles. The maximum atomic E-state index is 5.89. The number of aromatic nitrogens is 1. The molecule has 0 bridgehead atoms. The Morgan fingerprint density at radius 1 is 1.53 bits per heavy atom. The fraction of sp³-hybridized carbons (Fsp3) is 0.643. The molecule has 0 radical (unpaired) electrons. The Bertz CT molecular complexity index is 350. The van der Waals surface area contributed by atoms with Crippen LogP contribution in [0.4, 0.5) is 0 Å². The van der Waals surface area contributed by atoms with E-state index in [1.807, 2.05) is 6.07 Å². The van der Waals surface area contributed by atoms with Gasteiger partial charge >= 0.3 is 0 Å². The molecule has 2 rings (SSSR count). The van der Waals surface area contributed by atoms with Crippen molar-refractivity contribution in [1.29, 1.82) is 0 Å². The molecule has 1 atom stereocenters. The number of hydrogen-bond donors (Lipinski definition) is 1. The SMILES string of the molecule is CCCC(C)Oc1ncccc1CNC1CC1. The fourth-order valence-electron chi connectivity index (χ4n) is 1.86. The number of pyridine rings is 1. The molecule has 1 saturated carbocycles. The molecule has 1 N–H and O–H groups in total. The summed E-state index contributed by atoms with van der Waals surface area (Å²) in [7, 11) is 0. The predicted octanol–water partition coefficient (Wildman–Crippen LogP) is 2.90. The molecule has 0 amide bonds. The van der Waals surface area contributed by atoms with Gasteiger partial charge in [0.15, 0.2) is 0 Å². The van der Waals surface area contributed by atoms with Gasteiger partial charge in [0, 0.05) is 24.3 Å². The maximum absolute atomic E-state index is 5.89. The first kappa shape index (κ1) is 12.4. The molecular formula is C14H22N2O. The summed E-state index contributed by atoms with van der Waals surface area (Å²) in [5, 5.41) is 3.50. The molecule has 1 aliphatic rings. The van der Waals surface area contributed by atoms with E-state index >= 15 is 0 Å². The van der Waals surface area contributed by atoms with Gasteiger partial charge in [-0.05, 0) is 32.3 Å². The highest BCUT2D eigenvalue weighted by Gasteiger charge is 2.20. The summed E-state index contributed by atoms with van der Waals surface area (Å²) in [6, 6.07) is 4.79. The molecule has 3 nitrogen and oxygen atoms in total. The minimum atomic E-state index is 0.245. The zero-order chi connectivity index (χ0) is 12.1. The van der Waals surface area contributed by atoms with Gasteiger partial charge in [-0.3, -0.25) is 0 Å². The summed E-state index contributed by atoms with van der Waals surface area (Å²) in [6.45, 7) is 5.15. The average molecular weight is 234 g/mol. The van der Waals surface area contributed by atoms with Crippen LogP contribution in [0.3, 0.4) is 0 Å². The van der Waals surface area contributed by atoms with Gasteiger partial charge in [-0.15, -0.1) is 0 Å². The Morgan fingerprint density at radius 3 is 3.06 bits per heavy atom. The first-order valence-electron chi connectivity index (χ1n) is 6.63. The molecule has 1 aliphatic carbocycles. The van der Waals surface area contributed by atoms with E-state index in [2.05, 4.69) is 30.2 Å². The lowest BCUT2D eigenvalue weighted by Crippen LogP contribution is -2.18. The van der Waals surface area contributed by atoms with Gasteiger partial charge in [0.05, 0.1) is 6.10 Å². The van der Waals surface area contributed by atoms with Gasteiger partial charge in [0.25, 0.3) is 0 Å². The van der Waals surface area contributed by atoms with Crippen molar-refractivity contribution in [2.24, 2.45) is 0 Å². The third-order valence-corrected chi connectivity index (χ3v) is 3.02. The molecule has 1 fully saturated rings. The quantitative estimate of drug-likeness (QED) is 0.787. The molecule has 1 aromatic heterocycles. The molecule has 3 heteroatoms. The summed E-state index contributed by atoms with van der Waals surface area (Å²) in [5.74, 6) is 0.793. The minimum Gasteiger partial charge on any atom is -0.474 e. The second-order valence-electron chi connectivity index (χ2n) is 4.84. The minimum absolute atomic E-state index is 0.245. The van der Waals surface area contributed by atoms with Crippen molar-refractivity contribution in [1.82, 2.24) is 10.3 Å². The van der Waals surface area contributed by atoms with Crippen LogP contribution in [0.1, 0.15) is 45.1 Å². The zero-order valence-corrected chi connectivity index (χ0v) is 10.8. The van der Waals surface area contributed by atoms with E-state index in [-0.39, 0.29) is 6.10 Å². The van der Waals surface area contributed by atoms with Gasteiger partial charge in [-0.25, -0.2) is 4.98 Å². The van der Waals surface area contributed by atoms with Gasteiger partial charge < -0.3 is 10.1 Å². The zero-order valence-electron chi connectivity index (χ0n) is 10.8. The third kappa shape index (κ3) is 4.00. The number of hydrogen-bond acceptors (Lipinski definition) is 3. The molecule has 0 aliphatic heterocycles. The van der Waals surface area contributed by atoms with Crippen LogP contribution in [0.2, 0.25) is 0 Å². The number of nitrogens with one attached hydrogen (secondary N) is 1. The summed E-state index contributed by atoms with van der Waals surface area (Å²) in [5.41, 5.74) is 1.17. The van der Waals surface area contributed by atoms with Crippen molar-refractivity contribution in [2.75, 3.05) is 0 Å². The van der Waals surface area contributed by atoms with E-state index < -0.39 is 0 Å². The number of nitrogens with zero attached hydrogens (tertiary/aromatic N) is 1. The van der Waals surface area contributed by atoms with Crippen molar-refractivity contribution in [3.05, 3.63) is 23.9 Å². The molecule has 0 spiro atoms. The predicted molar refractivity (Wildman–Crippen MR) is 69.1 cm³/mol. The lowest BCUT2D eigenvalue weighted by atomic mass is 10.2. The Morgan fingerprint density at radius 2 is 2.35 bits per heavy atom. The first-order valence-corrected chi connectivity index (χ1v) is 6.63. The van der Waals surface area contributed by atoms with Crippen LogP contribution in [0.5, 0.6) is 5.88 Å². The van der Waals surface area contributed by atoms with E-state index in [1.165, 1.54) is 18.4 Å². The van der Waals surface area contributed by atoms with E-state index in [4.69, 9.17) is 4.74 Å². The second kappa shape index (κ2) is 6.01. The largest absolute Gasteiger partial charge is 0.474 e. The van der Waals surface area contributed by atoms with Crippen LogP contribution in [0.25, 0.3) is 0 Å². The Labute approximate surface area is 104 Å². The molecular weight excluding hydrogens is 212 g/mol. The highest BCUT2D eigenvalue weighted by molar-refractivity contribution is 5.25. The fourth-order valence-corrected chi connectivity index (χ4v) is 1.86. The lowest BCUT2D eigenvalue weighted by molar-refractivity contribution is 0.199. The van der Waals surface area contributed by atoms with Crippen molar-refractivity contribution in [3.63, 3.8) is 0 Å². The lowest BCUT2D eigenvalue weighted by Gasteiger charge is -2.15. The molecule has 0 aromatic carbocycles. The average Bonchev–Trinajstić information content (AvgIpc) is 3.12. The second-order valence-corrected chi connectivity index (χ2v) is 4.84. The van der Waals surface area contributed by atoms with Crippen molar-refractivity contribution in [3.8, 4) is 5.88 Å². The van der Waals surface area contributed by atoms with E-state index in [1.54, 1.807) is 6.20 Å². The monoisotopic (exact) mass is 234 g/mol. The van der Waals surface area contributed by atoms with E-state index in [9.17, 15) is 0 Å². The van der Waals surface area contributed by atoms with E-state index in [0.717, 1.165) is 31.3 Å². The van der Waals surface area contributed by atoms with Crippen LogP contribution in [0.15, 0.2) is 18.3 Å². The Hall–Kier alpha value is -1.09. The highest BCUT2D eigenvalue weighted by atomic mass is 16.5. The van der Waals surface area contributed by atoms with Gasteiger partial charge in [-0.2, -0.15) is 0 Å². The van der Waals surface area contributed by atoms with Crippen LogP contribution in [-0.2, 0) is 6.54 Å². The van der Waals surface area contributed by atoms with Crippen molar-refractivity contribution in [2.45, 2.75) is 58.2 Å². The standard InChI is InChI=1S/C14H22N2O/c1-3-5-11(2)17-14-12(6-4-9-15-14)10-16-13-7-8-13/h4,6,9,11,13,16H,3,5,7-8,10H2,1-2H3. The molecule has 17 heavy (non-hydrogen) atoms. The van der Waals surface area contributed by atoms with Crippen molar-refractivity contribution >= 4 is 0 Å². The molecule has 0 saturated heterocycles. The van der Waals surface area contributed by atoms with Crippen LogP contribution >= 0.6 is 0 Å². The summed E-state index contributed by atoms with van der Waals surface area (Å²) in [6.07, 6.45) is 6.88. The smallest absolute Gasteiger partial charge is 0.218 e. The molecule has 1 unspecified atom stereocenters. The van der Waals surface area contributed by atoms with Gasteiger partial charge in [0.2, 0.25) is 5.88 Å². The van der Waals surface area contributed by atoms with E-state index in [0.29, 0.717) is 0 Å². The van der Waals surface area contributed by atoms with Gasteiger partial charge in [0.1, 0.15) is 0 Å². The maximum Gasteiger partial charge on any atom is 0.218 e. The summed E-state index contributed by atoms with van der Waals surface area (Å²) >= 11 is 0. The normalized spacial score (nSPS) is 16.8. The molecule has 1 aromatic rings. The summed E-state index contributed by atoms with van der Waals surface area (Å²) < 4.78 is 5.89. The highest BCUT2D eigenvalue weighted by Crippen LogP contribution is 2.22. The van der Waals surface area contributed by atoms with Gasteiger partial charge in [-0.1, -0.05) is 19.4 Å². The Kier molecular flexibility index (Phi) is 4.37. The third-order valence-electron chi connectivity index (χ3n) is 3.02. The topological polar surface area (TPSA) is 34.1 Å². The first-order chi connectivity index (χ1) is 8.29. The molecule has 94 valence electrons. The van der Waals surface area contributed by atoms with Crippen LogP contribution < -0.4 is 10.1 Å². The van der Waals surface area contributed by atoms with Crippen LogP contribution in [0, 0.1) is 0 Å². The van der Waals surface area contributed by atoms with Crippen molar-refractivity contribution < 1.29 is 4.74 Å². The number of ether oxygens (including phenoxy) is 1. The van der Waals surface area contributed by atoms with Crippen LogP contribution in [-0.4, -0.2) is 17.1 Å².